The number of benzene rings is 2. The van der Waals surface area contributed by atoms with Gasteiger partial charge in [-0.25, -0.2) is 9.97 Å². The maximum atomic E-state index is 5.55. The van der Waals surface area contributed by atoms with E-state index in [-0.39, 0.29) is 0 Å². The number of aromatic nitrogens is 5. The van der Waals surface area contributed by atoms with Crippen LogP contribution in [-0.4, -0.2) is 31.8 Å². The van der Waals surface area contributed by atoms with Crippen LogP contribution >= 0.6 is 11.8 Å². The zero-order valence-electron chi connectivity index (χ0n) is 15.9. The number of hydrogen-bond donors (Lipinski definition) is 0. The number of nitrogens with zero attached hydrogens (tertiary/aromatic N) is 5. The average Bonchev–Trinajstić information content (AvgIpc) is 3.38. The molecule has 0 aliphatic carbocycles. The first-order valence-electron chi connectivity index (χ1n) is 9.07. The van der Waals surface area contributed by atoms with Gasteiger partial charge in [-0.3, -0.25) is 0 Å². The molecule has 5 aromatic rings. The van der Waals surface area contributed by atoms with E-state index < -0.39 is 0 Å². The summed E-state index contributed by atoms with van der Waals surface area (Å²) in [5.74, 6) is 2.79. The first-order valence-corrected chi connectivity index (χ1v) is 10.1. The van der Waals surface area contributed by atoms with E-state index in [2.05, 4.69) is 15.2 Å². The minimum Gasteiger partial charge on any atom is -0.496 e. The third-order valence-electron chi connectivity index (χ3n) is 4.54. The topological polar surface area (TPSA) is 78.3 Å². The highest BCUT2D eigenvalue weighted by atomic mass is 32.2. The van der Waals surface area contributed by atoms with E-state index in [0.717, 1.165) is 44.5 Å². The maximum Gasteiger partial charge on any atom is 0.192 e. The molecule has 0 bridgehead atoms. The molecule has 0 unspecified atom stereocenters. The molecule has 2 aromatic carbocycles. The molecular weight excluding hydrogens is 386 g/mol. The van der Waals surface area contributed by atoms with Crippen molar-refractivity contribution in [2.75, 3.05) is 7.11 Å². The third-order valence-corrected chi connectivity index (χ3v) is 5.49. The van der Waals surface area contributed by atoms with Crippen molar-refractivity contribution in [1.29, 1.82) is 0 Å². The van der Waals surface area contributed by atoms with Crippen LogP contribution in [0.2, 0.25) is 0 Å². The summed E-state index contributed by atoms with van der Waals surface area (Å²) < 4.78 is 12.8. The van der Waals surface area contributed by atoms with E-state index in [9.17, 15) is 0 Å². The van der Waals surface area contributed by atoms with Gasteiger partial charge in [-0.1, -0.05) is 41.2 Å². The van der Waals surface area contributed by atoms with Gasteiger partial charge in [0.1, 0.15) is 23.0 Å². The molecule has 3 aromatic heterocycles. The van der Waals surface area contributed by atoms with Gasteiger partial charge in [-0.2, -0.15) is 4.52 Å². The molecule has 144 valence electrons. The largest absolute Gasteiger partial charge is 0.496 e. The molecule has 8 heteroatoms. The molecule has 29 heavy (non-hydrogen) atoms. The second-order valence-electron chi connectivity index (χ2n) is 6.47. The summed E-state index contributed by atoms with van der Waals surface area (Å²) in [6.45, 7) is 1.88. The lowest BCUT2D eigenvalue weighted by atomic mass is 10.1. The Morgan fingerprint density at radius 1 is 1.07 bits per heavy atom. The minimum absolute atomic E-state index is 0.571. The van der Waals surface area contributed by atoms with Gasteiger partial charge in [-0.05, 0) is 31.2 Å². The van der Waals surface area contributed by atoms with Crippen LogP contribution < -0.4 is 4.74 Å². The number of thioether (sulfide) groups is 1. The molecule has 0 fully saturated rings. The summed E-state index contributed by atoms with van der Waals surface area (Å²) in [6.07, 6.45) is 0. The van der Waals surface area contributed by atoms with Gasteiger partial charge in [0.15, 0.2) is 10.8 Å². The Bertz CT molecular complexity index is 1330. The molecule has 5 rings (SSSR count). The van der Waals surface area contributed by atoms with Gasteiger partial charge in [0.2, 0.25) is 0 Å². The summed E-state index contributed by atoms with van der Waals surface area (Å²) in [5, 5.41) is 10.5. The van der Waals surface area contributed by atoms with Crippen LogP contribution in [0.1, 0.15) is 11.6 Å². The Morgan fingerprint density at radius 3 is 2.79 bits per heavy atom. The van der Waals surface area contributed by atoms with Gasteiger partial charge in [0, 0.05) is 17.0 Å². The van der Waals surface area contributed by atoms with Crippen LogP contribution in [0.5, 0.6) is 5.75 Å². The van der Waals surface area contributed by atoms with E-state index in [1.54, 1.807) is 11.6 Å². The summed E-state index contributed by atoms with van der Waals surface area (Å²) in [7, 11) is 1.65. The van der Waals surface area contributed by atoms with Gasteiger partial charge in [-0.15, -0.1) is 5.10 Å². The molecule has 0 saturated carbocycles. The van der Waals surface area contributed by atoms with Gasteiger partial charge in [0.05, 0.1) is 18.4 Å². The number of ether oxygens (including phenoxy) is 1. The Kier molecular flexibility index (Phi) is 4.40. The van der Waals surface area contributed by atoms with Crippen molar-refractivity contribution in [1.82, 2.24) is 24.7 Å². The molecular formula is C21H17N5O2S. The molecule has 0 radical (unpaired) electrons. The highest BCUT2D eigenvalue weighted by Gasteiger charge is 2.15. The average molecular weight is 403 g/mol. The van der Waals surface area contributed by atoms with E-state index in [1.165, 1.54) is 11.8 Å². The van der Waals surface area contributed by atoms with Crippen LogP contribution in [0.3, 0.4) is 0 Å². The quantitative estimate of drug-likeness (QED) is 0.315. The first-order chi connectivity index (χ1) is 14.2. The van der Waals surface area contributed by atoms with E-state index >= 15 is 0 Å². The highest BCUT2D eigenvalue weighted by molar-refractivity contribution is 7.98. The number of methoxy groups -OCH3 is 1. The number of aryl methyl sites for hydroxylation is 1. The van der Waals surface area contributed by atoms with Crippen LogP contribution in [0, 0.1) is 6.92 Å². The Morgan fingerprint density at radius 2 is 1.90 bits per heavy atom. The normalized spacial score (nSPS) is 11.4. The zero-order valence-corrected chi connectivity index (χ0v) is 16.7. The maximum absolute atomic E-state index is 5.55. The summed E-state index contributed by atoms with van der Waals surface area (Å²) >= 11 is 1.53. The molecule has 0 aliphatic rings. The molecule has 0 amide bonds. The van der Waals surface area contributed by atoms with Crippen molar-refractivity contribution < 1.29 is 9.26 Å². The van der Waals surface area contributed by atoms with Crippen molar-refractivity contribution in [3.63, 3.8) is 0 Å². The monoisotopic (exact) mass is 403 g/mol. The predicted molar refractivity (Wildman–Crippen MR) is 111 cm³/mol. The fourth-order valence-corrected chi connectivity index (χ4v) is 4.05. The standard InChI is InChI=1S/C21H17N5O2S/c1-13-22-20-16-8-3-5-9-17(16)23-21(26(20)24-13)29-12-14-11-18(25-28-14)15-7-4-6-10-19(15)27-2/h3-11H,12H2,1-2H3. The van der Waals surface area contributed by atoms with E-state index in [1.807, 2.05) is 61.5 Å². The number of hydrogen-bond acceptors (Lipinski definition) is 7. The number of para-hydroxylation sites is 2. The van der Waals surface area contributed by atoms with Crippen molar-refractivity contribution in [3.8, 4) is 17.0 Å². The van der Waals surface area contributed by atoms with Crippen LogP contribution in [0.25, 0.3) is 27.8 Å². The van der Waals surface area contributed by atoms with E-state index in [4.69, 9.17) is 14.2 Å². The minimum atomic E-state index is 0.571. The summed E-state index contributed by atoms with van der Waals surface area (Å²) in [5.41, 5.74) is 3.34. The van der Waals surface area contributed by atoms with Crippen LogP contribution in [0.15, 0.2) is 64.3 Å². The Labute approximate surface area is 170 Å². The van der Waals surface area contributed by atoms with Crippen molar-refractivity contribution in [2.45, 2.75) is 17.8 Å². The number of rotatable bonds is 5. The molecule has 3 heterocycles. The van der Waals surface area contributed by atoms with Crippen molar-refractivity contribution in [2.24, 2.45) is 0 Å². The van der Waals surface area contributed by atoms with Crippen molar-refractivity contribution in [3.05, 3.63) is 66.2 Å². The predicted octanol–water partition coefficient (Wildman–Crippen LogP) is 4.54. The Balaban J connectivity index is 1.46. The lowest BCUT2D eigenvalue weighted by molar-refractivity contribution is 0.395. The van der Waals surface area contributed by atoms with Gasteiger partial charge >= 0.3 is 0 Å². The first kappa shape index (κ1) is 17.7. The molecule has 0 N–H and O–H groups in total. The summed E-state index contributed by atoms with van der Waals surface area (Å²) in [6, 6.07) is 17.6. The van der Waals surface area contributed by atoms with Gasteiger partial charge < -0.3 is 9.26 Å². The van der Waals surface area contributed by atoms with E-state index in [0.29, 0.717) is 11.6 Å². The van der Waals surface area contributed by atoms with Crippen LogP contribution in [-0.2, 0) is 5.75 Å². The smallest absolute Gasteiger partial charge is 0.192 e. The lowest BCUT2D eigenvalue weighted by Crippen LogP contribution is -1.98. The third kappa shape index (κ3) is 3.21. The zero-order chi connectivity index (χ0) is 19.8. The highest BCUT2D eigenvalue weighted by Crippen LogP contribution is 2.31. The SMILES string of the molecule is COc1ccccc1-c1cc(CSc2nc3ccccc3c3nc(C)nn23)on1. The fraction of sp³-hybridized carbons (Fsp3) is 0.143. The molecule has 0 saturated heterocycles. The molecule has 0 atom stereocenters. The summed E-state index contributed by atoms with van der Waals surface area (Å²) in [4.78, 5) is 9.33. The lowest BCUT2D eigenvalue weighted by Gasteiger charge is -2.05. The van der Waals surface area contributed by atoms with Crippen LogP contribution in [0.4, 0.5) is 0 Å². The number of fused-ring (bicyclic) bond motifs is 3. The van der Waals surface area contributed by atoms with Crippen molar-refractivity contribution >= 4 is 28.3 Å². The second-order valence-corrected chi connectivity index (χ2v) is 7.42. The Hall–Kier alpha value is -3.39. The second kappa shape index (κ2) is 7.21. The fourth-order valence-electron chi connectivity index (χ4n) is 3.23. The molecule has 7 nitrogen and oxygen atoms in total. The molecule has 0 aliphatic heterocycles. The molecule has 0 spiro atoms. The van der Waals surface area contributed by atoms with Gasteiger partial charge in [0.25, 0.3) is 0 Å².